The number of Topliss-reactive ketones (excluding diaryl/α,β-unsaturated/α-hetero) is 1. The third-order valence-electron chi connectivity index (χ3n) is 9.26. The molecule has 2 unspecified atom stereocenters. The molecular weight excluding hydrogens is 918 g/mol. The molecule has 0 radical (unpaired) electrons. The van der Waals surface area contributed by atoms with E-state index in [9.17, 15) is 27.6 Å². The molecule has 66 heavy (non-hydrogen) atoms. The molecule has 8 nitrogen and oxygen atoms in total. The standard InChI is InChI=1S/C17H14FNO2.C17H14FNO.C9H9FO2.C8H6BrN.2CH4.Na.H/c1-21-17(20)15(14-7-2-3-8-16(14)18)10-12-5-4-6-13(9-12)11-19;1-12(20)16(15-7-2-3-8-17(15)18)10-13-5-4-6-14(9-13)11-19;1-12-9(11)6-7-4-2-3-5-8(7)10;9-5-7-2-1-3-8(4-7)6-10;;;;/h2-9,15H,10H2,1H3;2-9,16H,10H2,1H3;2-5H,6H2,1H3;1-4H,5H2;2*1H4;;/q;;;;;;+1;-1. The van der Waals surface area contributed by atoms with Gasteiger partial charge in [-0.05, 0) is 102 Å². The second kappa shape index (κ2) is 32.3. The van der Waals surface area contributed by atoms with Gasteiger partial charge in [0.25, 0.3) is 0 Å². The van der Waals surface area contributed by atoms with E-state index >= 15 is 0 Å². The van der Waals surface area contributed by atoms with E-state index in [1.54, 1.807) is 103 Å². The third kappa shape index (κ3) is 19.8. The predicted octanol–water partition coefficient (Wildman–Crippen LogP) is 9.19. The first-order chi connectivity index (χ1) is 30.4. The minimum atomic E-state index is -0.731. The van der Waals surface area contributed by atoms with Crippen LogP contribution < -0.4 is 29.6 Å². The molecule has 6 aromatic carbocycles. The van der Waals surface area contributed by atoms with Crippen LogP contribution in [0.5, 0.6) is 0 Å². The Morgan fingerprint density at radius 1 is 0.576 bits per heavy atom. The fourth-order valence-corrected chi connectivity index (χ4v) is 6.40. The van der Waals surface area contributed by atoms with Crippen LogP contribution in [0.2, 0.25) is 0 Å². The summed E-state index contributed by atoms with van der Waals surface area (Å²) in [5.41, 5.74) is 5.61. The largest absolute Gasteiger partial charge is 1.00 e. The molecule has 13 heteroatoms. The van der Waals surface area contributed by atoms with Crippen molar-refractivity contribution in [3.63, 3.8) is 0 Å². The number of hydrogen-bond acceptors (Lipinski definition) is 8. The van der Waals surface area contributed by atoms with Gasteiger partial charge in [-0.3, -0.25) is 14.4 Å². The fourth-order valence-electron chi connectivity index (χ4n) is 6.05. The maximum Gasteiger partial charge on any atom is 1.00 e. The van der Waals surface area contributed by atoms with E-state index < -0.39 is 29.6 Å². The van der Waals surface area contributed by atoms with Crippen molar-refractivity contribution < 1.29 is 68.0 Å². The van der Waals surface area contributed by atoms with E-state index in [4.69, 9.17) is 20.5 Å². The topological polar surface area (TPSA) is 141 Å². The molecule has 0 aliphatic rings. The van der Waals surface area contributed by atoms with Crippen LogP contribution in [0, 0.1) is 51.4 Å². The zero-order valence-electron chi connectivity index (χ0n) is 36.7. The van der Waals surface area contributed by atoms with Crippen molar-refractivity contribution in [1.82, 2.24) is 0 Å². The van der Waals surface area contributed by atoms with Crippen molar-refractivity contribution >= 4 is 33.7 Å². The quantitative estimate of drug-likeness (QED) is 0.0712. The maximum atomic E-state index is 13.9. The van der Waals surface area contributed by atoms with Crippen molar-refractivity contribution in [2.75, 3.05) is 14.2 Å². The zero-order valence-corrected chi connectivity index (χ0v) is 39.3. The van der Waals surface area contributed by atoms with Crippen LogP contribution in [0.15, 0.2) is 146 Å². The Morgan fingerprint density at radius 2 is 0.970 bits per heavy atom. The molecule has 0 fully saturated rings. The van der Waals surface area contributed by atoms with Crippen LogP contribution in [0.25, 0.3) is 0 Å². The summed E-state index contributed by atoms with van der Waals surface area (Å²) in [7, 11) is 2.56. The number of halogens is 4. The Morgan fingerprint density at radius 3 is 1.36 bits per heavy atom. The van der Waals surface area contributed by atoms with Crippen molar-refractivity contribution in [2.24, 2.45) is 0 Å². The first-order valence-corrected chi connectivity index (χ1v) is 20.4. The number of alkyl halides is 1. The molecule has 0 aliphatic heterocycles. The van der Waals surface area contributed by atoms with E-state index in [2.05, 4.69) is 32.8 Å². The van der Waals surface area contributed by atoms with Crippen molar-refractivity contribution in [3.05, 3.63) is 213 Å². The summed E-state index contributed by atoms with van der Waals surface area (Å²) >= 11 is 3.31. The molecule has 0 spiro atoms. The van der Waals surface area contributed by atoms with Crippen LogP contribution in [0.4, 0.5) is 13.2 Å². The van der Waals surface area contributed by atoms with Crippen LogP contribution in [-0.2, 0) is 48.4 Å². The number of hydrogen-bond donors (Lipinski definition) is 0. The summed E-state index contributed by atoms with van der Waals surface area (Å²) in [4.78, 5) is 34.5. The van der Waals surface area contributed by atoms with Gasteiger partial charge >= 0.3 is 41.5 Å². The van der Waals surface area contributed by atoms with Gasteiger partial charge in [0.2, 0.25) is 0 Å². The molecule has 0 aromatic heterocycles. The van der Waals surface area contributed by atoms with Crippen molar-refractivity contribution in [3.8, 4) is 18.2 Å². The minimum absolute atomic E-state index is 0. The van der Waals surface area contributed by atoms with Gasteiger partial charge in [0.15, 0.2) is 0 Å². The van der Waals surface area contributed by atoms with Crippen LogP contribution in [0.1, 0.15) is 85.1 Å². The number of ketones is 1. The molecule has 0 amide bonds. The number of esters is 2. The van der Waals surface area contributed by atoms with E-state index in [1.165, 1.54) is 39.3 Å². The average Bonchev–Trinajstić information content (AvgIpc) is 3.31. The Kier molecular flexibility index (Phi) is 29.2. The second-order valence-corrected chi connectivity index (χ2v) is 14.2. The normalized spacial score (nSPS) is 10.2. The second-order valence-electron chi connectivity index (χ2n) is 13.6. The van der Waals surface area contributed by atoms with Gasteiger partial charge in [-0.15, -0.1) is 0 Å². The molecule has 338 valence electrons. The Labute approximate surface area is 418 Å². The molecule has 0 aliphatic carbocycles. The minimum Gasteiger partial charge on any atom is -1.00 e. The van der Waals surface area contributed by atoms with Gasteiger partial charge in [0.1, 0.15) is 23.2 Å². The number of nitrogens with zero attached hydrogens (tertiary/aromatic N) is 3. The number of benzene rings is 6. The number of ether oxygens (including phenoxy) is 2. The van der Waals surface area contributed by atoms with Crippen molar-refractivity contribution in [2.45, 2.75) is 58.2 Å². The van der Waals surface area contributed by atoms with Gasteiger partial charge in [-0.1, -0.05) is 122 Å². The number of rotatable bonds is 11. The third-order valence-corrected chi connectivity index (χ3v) is 9.91. The van der Waals surface area contributed by atoms with E-state index in [0.717, 1.165) is 27.6 Å². The number of carbonyl (C=O) groups excluding carboxylic acids is 3. The Hall–Kier alpha value is -6.33. The van der Waals surface area contributed by atoms with E-state index in [1.807, 2.05) is 30.3 Å². The fraction of sp³-hybridized carbons (Fsp3) is 0.208. The Bertz CT molecular complexity index is 2610. The molecule has 0 heterocycles. The van der Waals surface area contributed by atoms with Gasteiger partial charge in [0.05, 0.1) is 61.5 Å². The molecule has 6 rings (SSSR count). The van der Waals surface area contributed by atoms with Crippen LogP contribution in [0.3, 0.4) is 0 Å². The van der Waals surface area contributed by atoms with Crippen molar-refractivity contribution in [1.29, 1.82) is 15.8 Å². The molecular formula is C53H52BrF3N3NaO5. The maximum absolute atomic E-state index is 13.9. The summed E-state index contributed by atoms with van der Waals surface area (Å²) in [6, 6.07) is 46.3. The summed E-state index contributed by atoms with van der Waals surface area (Å²) in [5.74, 6) is -3.45. The van der Waals surface area contributed by atoms with Gasteiger partial charge in [-0.2, -0.15) is 15.8 Å². The summed E-state index contributed by atoms with van der Waals surface area (Å²) < 4.78 is 49.8. The van der Waals surface area contributed by atoms with Gasteiger partial charge in [0, 0.05) is 16.8 Å². The first kappa shape index (κ1) is 59.7. The number of nitriles is 3. The average molecular weight is 971 g/mol. The summed E-state index contributed by atoms with van der Waals surface area (Å²) in [6.07, 6.45) is 0.665. The van der Waals surface area contributed by atoms with Gasteiger partial charge < -0.3 is 10.9 Å². The van der Waals surface area contributed by atoms with E-state index in [0.29, 0.717) is 34.2 Å². The zero-order chi connectivity index (χ0) is 46.1. The molecule has 6 aromatic rings. The summed E-state index contributed by atoms with van der Waals surface area (Å²) in [6.45, 7) is 1.46. The SMILES string of the molecule is C.C.CC(=O)C(Cc1cccc(C#N)c1)c1ccccc1F.COC(=O)C(Cc1cccc(C#N)c1)c1ccccc1F.COC(=O)Cc1ccccc1F.N#Cc1cccc(CBr)c1.[H-].[Na+]. The first-order valence-electron chi connectivity index (χ1n) is 19.3. The molecule has 0 bridgehead atoms. The van der Waals surface area contributed by atoms with E-state index in [-0.39, 0.29) is 76.1 Å². The smallest absolute Gasteiger partial charge is 1.00 e. The van der Waals surface area contributed by atoms with Gasteiger partial charge in [-0.25, -0.2) is 13.2 Å². The molecule has 0 saturated carbocycles. The number of methoxy groups -OCH3 is 2. The summed E-state index contributed by atoms with van der Waals surface area (Å²) in [5, 5.41) is 27.1. The molecule has 0 N–H and O–H groups in total. The Balaban J connectivity index is 0. The van der Waals surface area contributed by atoms with Crippen LogP contribution in [-0.4, -0.2) is 31.9 Å². The van der Waals surface area contributed by atoms with Crippen LogP contribution >= 0.6 is 15.9 Å². The monoisotopic (exact) mass is 969 g/mol. The predicted molar refractivity (Wildman–Crippen MR) is 251 cm³/mol. The molecule has 0 saturated heterocycles. The number of carbonyl (C=O) groups is 3. The molecule has 2 atom stereocenters.